The van der Waals surface area contributed by atoms with Crippen LogP contribution in [-0.2, 0) is 17.8 Å². The predicted molar refractivity (Wildman–Crippen MR) is 90.9 cm³/mol. The summed E-state index contributed by atoms with van der Waals surface area (Å²) in [5, 5.41) is 5.07. The van der Waals surface area contributed by atoms with Gasteiger partial charge in [-0.25, -0.2) is 0 Å². The van der Waals surface area contributed by atoms with Crippen molar-refractivity contribution in [1.29, 1.82) is 0 Å². The number of nitrogens with zero attached hydrogens (tertiary/aromatic N) is 1. The molecule has 3 nitrogen and oxygen atoms in total. The van der Waals surface area contributed by atoms with E-state index in [4.69, 9.17) is 0 Å². The van der Waals surface area contributed by atoms with E-state index in [2.05, 4.69) is 40.5 Å². The largest absolute Gasteiger partial charge is 0.350 e. The molecule has 1 N–H and O–H groups in total. The van der Waals surface area contributed by atoms with E-state index in [9.17, 15) is 4.79 Å². The summed E-state index contributed by atoms with van der Waals surface area (Å²) in [5.74, 6) is 0.133. The van der Waals surface area contributed by atoms with E-state index in [1.165, 1.54) is 23.3 Å². The van der Waals surface area contributed by atoms with Crippen LogP contribution in [0.2, 0.25) is 0 Å². The Morgan fingerprint density at radius 3 is 2.86 bits per heavy atom. The lowest BCUT2D eigenvalue weighted by atomic mass is 10.0. The Bertz CT molecular complexity index is 582. The van der Waals surface area contributed by atoms with E-state index in [0.717, 1.165) is 13.0 Å². The molecule has 3 rings (SSSR count). The van der Waals surface area contributed by atoms with Gasteiger partial charge in [0.15, 0.2) is 0 Å². The van der Waals surface area contributed by atoms with E-state index in [0.29, 0.717) is 19.1 Å². The number of amides is 1. The van der Waals surface area contributed by atoms with Gasteiger partial charge in [-0.3, -0.25) is 9.69 Å². The summed E-state index contributed by atoms with van der Waals surface area (Å²) in [6.07, 6.45) is 3.42. The third-order valence-electron chi connectivity index (χ3n) is 4.20. The maximum Gasteiger partial charge on any atom is 0.234 e. The lowest BCUT2D eigenvalue weighted by Crippen LogP contribution is -2.40. The van der Waals surface area contributed by atoms with Gasteiger partial charge < -0.3 is 5.32 Å². The highest BCUT2D eigenvalue weighted by Crippen LogP contribution is 2.20. The van der Waals surface area contributed by atoms with Crippen LogP contribution in [0.1, 0.15) is 23.3 Å². The molecule has 1 aromatic heterocycles. The van der Waals surface area contributed by atoms with Crippen molar-refractivity contribution in [3.05, 3.63) is 58.3 Å². The number of carbonyl (C=O) groups excluding carboxylic acids is 1. The van der Waals surface area contributed by atoms with Crippen molar-refractivity contribution in [1.82, 2.24) is 10.2 Å². The van der Waals surface area contributed by atoms with Crippen molar-refractivity contribution in [2.24, 2.45) is 0 Å². The third kappa shape index (κ3) is 4.18. The van der Waals surface area contributed by atoms with Gasteiger partial charge in [0.05, 0.1) is 13.1 Å². The zero-order valence-electron chi connectivity index (χ0n) is 12.7. The molecule has 0 radical (unpaired) electrons. The smallest absolute Gasteiger partial charge is 0.234 e. The molecule has 116 valence electrons. The molecular formula is C18H22N2OS. The van der Waals surface area contributed by atoms with Gasteiger partial charge in [0.25, 0.3) is 0 Å². The van der Waals surface area contributed by atoms with Gasteiger partial charge in [-0.1, -0.05) is 36.4 Å². The van der Waals surface area contributed by atoms with Crippen LogP contribution >= 0.6 is 11.3 Å². The minimum Gasteiger partial charge on any atom is -0.350 e. The van der Waals surface area contributed by atoms with Crippen LogP contribution in [0.15, 0.2) is 47.8 Å². The molecule has 0 aliphatic carbocycles. The molecule has 1 amide bonds. The second-order valence-corrected chi connectivity index (χ2v) is 6.84. The lowest BCUT2D eigenvalue weighted by molar-refractivity contribution is -0.122. The van der Waals surface area contributed by atoms with E-state index < -0.39 is 0 Å². The average Bonchev–Trinajstić information content (AvgIpc) is 3.19. The molecule has 4 heteroatoms. The van der Waals surface area contributed by atoms with Crippen molar-refractivity contribution in [3.63, 3.8) is 0 Å². The number of hydrogen-bond donors (Lipinski definition) is 1. The molecular weight excluding hydrogens is 292 g/mol. The van der Waals surface area contributed by atoms with Gasteiger partial charge >= 0.3 is 0 Å². The van der Waals surface area contributed by atoms with Gasteiger partial charge in [-0.2, -0.15) is 0 Å². The summed E-state index contributed by atoms with van der Waals surface area (Å²) >= 11 is 1.68. The monoisotopic (exact) mass is 314 g/mol. The molecule has 0 saturated carbocycles. The van der Waals surface area contributed by atoms with Gasteiger partial charge in [-0.05, 0) is 42.8 Å². The normalized spacial score (nSPS) is 18.5. The molecule has 1 aromatic carbocycles. The van der Waals surface area contributed by atoms with E-state index >= 15 is 0 Å². The first-order valence-electron chi connectivity index (χ1n) is 7.88. The summed E-state index contributed by atoms with van der Waals surface area (Å²) in [5.41, 5.74) is 1.36. The molecule has 1 aliphatic rings. The van der Waals surface area contributed by atoms with Crippen LogP contribution in [0.4, 0.5) is 0 Å². The Balaban J connectivity index is 1.49. The summed E-state index contributed by atoms with van der Waals surface area (Å²) in [6.45, 7) is 2.19. The van der Waals surface area contributed by atoms with E-state index in [1.54, 1.807) is 11.3 Å². The van der Waals surface area contributed by atoms with Crippen LogP contribution in [-0.4, -0.2) is 29.9 Å². The van der Waals surface area contributed by atoms with Crippen molar-refractivity contribution in [2.45, 2.75) is 31.8 Å². The maximum atomic E-state index is 12.1. The zero-order chi connectivity index (χ0) is 15.2. The number of benzene rings is 1. The van der Waals surface area contributed by atoms with Gasteiger partial charge in [0.1, 0.15) is 0 Å². The molecule has 2 aromatic rings. The lowest BCUT2D eigenvalue weighted by Gasteiger charge is -2.24. The fourth-order valence-electron chi connectivity index (χ4n) is 3.06. The minimum atomic E-state index is 0.133. The van der Waals surface area contributed by atoms with Crippen molar-refractivity contribution >= 4 is 17.2 Å². The van der Waals surface area contributed by atoms with Gasteiger partial charge in [0, 0.05) is 10.9 Å². The van der Waals surface area contributed by atoms with Crippen molar-refractivity contribution in [3.8, 4) is 0 Å². The second-order valence-electron chi connectivity index (χ2n) is 5.81. The molecule has 0 spiro atoms. The first kappa shape index (κ1) is 15.3. The number of hydrogen-bond acceptors (Lipinski definition) is 3. The molecule has 1 atom stereocenters. The Kier molecular flexibility index (Phi) is 5.24. The summed E-state index contributed by atoms with van der Waals surface area (Å²) < 4.78 is 0. The Morgan fingerprint density at radius 2 is 2.09 bits per heavy atom. The van der Waals surface area contributed by atoms with Crippen LogP contribution in [0.3, 0.4) is 0 Å². The Morgan fingerprint density at radius 1 is 1.23 bits per heavy atom. The van der Waals surface area contributed by atoms with Gasteiger partial charge in [0.2, 0.25) is 5.91 Å². The van der Waals surface area contributed by atoms with Gasteiger partial charge in [-0.15, -0.1) is 11.3 Å². The van der Waals surface area contributed by atoms with Crippen molar-refractivity contribution in [2.75, 3.05) is 13.1 Å². The number of nitrogens with one attached hydrogen (secondary N) is 1. The first-order chi connectivity index (χ1) is 10.8. The molecule has 1 fully saturated rings. The molecule has 1 unspecified atom stereocenters. The molecule has 1 saturated heterocycles. The third-order valence-corrected chi connectivity index (χ3v) is 5.08. The number of carbonyl (C=O) groups is 1. The van der Waals surface area contributed by atoms with Crippen LogP contribution in [0, 0.1) is 0 Å². The minimum absolute atomic E-state index is 0.133. The number of likely N-dealkylation sites (tertiary alicyclic amines) is 1. The Labute approximate surface area is 136 Å². The molecule has 1 aliphatic heterocycles. The highest BCUT2D eigenvalue weighted by Gasteiger charge is 2.26. The average molecular weight is 314 g/mol. The SMILES string of the molecule is O=C(CN1CCCC1Cc1ccccc1)NCc1cccs1. The zero-order valence-corrected chi connectivity index (χ0v) is 13.5. The van der Waals surface area contributed by atoms with Crippen LogP contribution in [0.25, 0.3) is 0 Å². The van der Waals surface area contributed by atoms with Crippen molar-refractivity contribution < 1.29 is 4.79 Å². The van der Waals surface area contributed by atoms with Crippen LogP contribution < -0.4 is 5.32 Å². The fourth-order valence-corrected chi connectivity index (χ4v) is 3.70. The highest BCUT2D eigenvalue weighted by atomic mass is 32.1. The number of rotatable bonds is 6. The topological polar surface area (TPSA) is 32.3 Å². The van der Waals surface area contributed by atoms with Crippen LogP contribution in [0.5, 0.6) is 0 Å². The summed E-state index contributed by atoms with van der Waals surface area (Å²) in [7, 11) is 0. The second kappa shape index (κ2) is 7.56. The maximum absolute atomic E-state index is 12.1. The summed E-state index contributed by atoms with van der Waals surface area (Å²) in [6, 6.07) is 15.1. The Hall–Kier alpha value is -1.65. The first-order valence-corrected chi connectivity index (χ1v) is 8.76. The molecule has 0 bridgehead atoms. The predicted octanol–water partition coefficient (Wildman–Crippen LogP) is 3.07. The quantitative estimate of drug-likeness (QED) is 0.889. The van der Waals surface area contributed by atoms with E-state index in [-0.39, 0.29) is 5.91 Å². The van der Waals surface area contributed by atoms with E-state index in [1.807, 2.05) is 17.5 Å². The summed E-state index contributed by atoms with van der Waals surface area (Å²) in [4.78, 5) is 15.7. The number of thiophene rings is 1. The highest BCUT2D eigenvalue weighted by molar-refractivity contribution is 7.09. The molecule has 22 heavy (non-hydrogen) atoms. The standard InChI is InChI=1S/C18H22N2OS/c21-18(19-13-17-9-5-11-22-17)14-20-10-4-8-16(20)12-15-6-2-1-3-7-15/h1-3,5-7,9,11,16H,4,8,10,12-14H2,(H,19,21). The molecule has 2 heterocycles. The fraction of sp³-hybridized carbons (Fsp3) is 0.389.